The minimum Gasteiger partial charge on any atom is -0.364 e. The third kappa shape index (κ3) is 3.71. The smallest absolute Gasteiger partial charge is 0.265 e. The molecule has 1 aromatic heterocycles. The first-order valence-electron chi connectivity index (χ1n) is 8.08. The Labute approximate surface area is 145 Å². The molecule has 130 valence electrons. The number of nitrogens with zero attached hydrogens (tertiary/aromatic N) is 1. The van der Waals surface area contributed by atoms with Gasteiger partial charge in [-0.05, 0) is 25.0 Å². The van der Waals surface area contributed by atoms with Gasteiger partial charge in [-0.2, -0.15) is 0 Å². The van der Waals surface area contributed by atoms with Crippen LogP contribution in [0.3, 0.4) is 0 Å². The van der Waals surface area contributed by atoms with Crippen LogP contribution in [0, 0.1) is 6.92 Å². The lowest BCUT2D eigenvalue weighted by molar-refractivity contribution is -0.133. The molecule has 2 heterocycles. The van der Waals surface area contributed by atoms with Gasteiger partial charge in [0, 0.05) is 19.2 Å². The molecule has 0 saturated carbocycles. The van der Waals surface area contributed by atoms with E-state index in [4.69, 9.17) is 5.73 Å². The van der Waals surface area contributed by atoms with E-state index in [1.165, 1.54) is 12.3 Å². The van der Waals surface area contributed by atoms with Gasteiger partial charge in [-0.1, -0.05) is 29.8 Å². The standard InChI is InChI=1S/C18H20N4O3/c1-11-2-4-12(5-3-11)10-22-15(6-7-16(22)23)18(25)21-13-8-14(17(19)24)20-9-13/h2-5,8-9,15,20H,6-7,10H2,1H3,(H2,19,24)(H,21,25). The number of rotatable bonds is 5. The fourth-order valence-electron chi connectivity index (χ4n) is 2.93. The maximum absolute atomic E-state index is 12.6. The van der Waals surface area contributed by atoms with Crippen molar-refractivity contribution in [2.24, 2.45) is 5.73 Å². The monoisotopic (exact) mass is 340 g/mol. The average molecular weight is 340 g/mol. The summed E-state index contributed by atoms with van der Waals surface area (Å²) in [5.74, 6) is -0.904. The number of nitrogens with two attached hydrogens (primary N) is 1. The van der Waals surface area contributed by atoms with Crippen LogP contribution in [0.15, 0.2) is 36.5 Å². The number of aromatic amines is 1. The van der Waals surface area contributed by atoms with Crippen LogP contribution < -0.4 is 11.1 Å². The minimum atomic E-state index is -0.599. The molecule has 1 atom stereocenters. The SMILES string of the molecule is Cc1ccc(CN2C(=O)CCC2C(=O)Nc2c[nH]c(C(N)=O)c2)cc1. The van der Waals surface area contributed by atoms with Gasteiger partial charge in [-0.15, -0.1) is 0 Å². The number of aromatic nitrogens is 1. The number of anilines is 1. The number of amides is 3. The van der Waals surface area contributed by atoms with Crippen molar-refractivity contribution in [3.63, 3.8) is 0 Å². The lowest BCUT2D eigenvalue weighted by atomic mass is 10.1. The maximum atomic E-state index is 12.6. The summed E-state index contributed by atoms with van der Waals surface area (Å²) in [5.41, 5.74) is 7.98. The van der Waals surface area contributed by atoms with Crippen LogP contribution in [0.2, 0.25) is 0 Å². The van der Waals surface area contributed by atoms with Gasteiger partial charge < -0.3 is 20.9 Å². The van der Waals surface area contributed by atoms with Crippen molar-refractivity contribution in [2.45, 2.75) is 32.4 Å². The number of nitrogens with one attached hydrogen (secondary N) is 2. The number of primary amides is 1. The Morgan fingerprint density at radius 1 is 1.32 bits per heavy atom. The summed E-state index contributed by atoms with van der Waals surface area (Å²) in [7, 11) is 0. The summed E-state index contributed by atoms with van der Waals surface area (Å²) in [6.07, 6.45) is 2.33. The third-order valence-corrected chi connectivity index (χ3v) is 4.32. The van der Waals surface area contributed by atoms with Gasteiger partial charge in [-0.25, -0.2) is 0 Å². The molecule has 3 amide bonds. The van der Waals surface area contributed by atoms with Crippen LogP contribution >= 0.6 is 0 Å². The van der Waals surface area contributed by atoms with Crippen LogP contribution in [-0.4, -0.2) is 33.6 Å². The Morgan fingerprint density at radius 2 is 2.04 bits per heavy atom. The van der Waals surface area contributed by atoms with Crippen molar-refractivity contribution >= 4 is 23.4 Å². The number of carbonyl (C=O) groups is 3. The molecule has 0 spiro atoms. The Morgan fingerprint density at radius 3 is 2.68 bits per heavy atom. The molecule has 0 radical (unpaired) electrons. The molecule has 25 heavy (non-hydrogen) atoms. The fourth-order valence-corrected chi connectivity index (χ4v) is 2.93. The number of likely N-dealkylation sites (tertiary alicyclic amines) is 1. The number of hydrogen-bond donors (Lipinski definition) is 3. The minimum absolute atomic E-state index is 0.0346. The Bertz CT molecular complexity index is 810. The van der Waals surface area contributed by atoms with E-state index >= 15 is 0 Å². The van der Waals surface area contributed by atoms with Crippen molar-refractivity contribution in [3.8, 4) is 0 Å². The second-order valence-corrected chi connectivity index (χ2v) is 6.22. The number of hydrogen-bond acceptors (Lipinski definition) is 3. The molecule has 1 aromatic carbocycles. The predicted octanol–water partition coefficient (Wildman–Crippen LogP) is 1.55. The summed E-state index contributed by atoms with van der Waals surface area (Å²) < 4.78 is 0. The third-order valence-electron chi connectivity index (χ3n) is 4.32. The van der Waals surface area contributed by atoms with Crippen LogP contribution in [0.25, 0.3) is 0 Å². The van der Waals surface area contributed by atoms with E-state index < -0.39 is 11.9 Å². The molecule has 4 N–H and O–H groups in total. The van der Waals surface area contributed by atoms with Crippen molar-refractivity contribution in [1.29, 1.82) is 0 Å². The molecule has 1 unspecified atom stereocenters. The van der Waals surface area contributed by atoms with Crippen molar-refractivity contribution in [2.75, 3.05) is 5.32 Å². The van der Waals surface area contributed by atoms with Gasteiger partial charge in [0.15, 0.2) is 0 Å². The lowest BCUT2D eigenvalue weighted by Crippen LogP contribution is -2.41. The van der Waals surface area contributed by atoms with Gasteiger partial charge in [0.05, 0.1) is 5.69 Å². The molecule has 7 heteroatoms. The van der Waals surface area contributed by atoms with E-state index in [2.05, 4.69) is 10.3 Å². The molecular formula is C18H20N4O3. The van der Waals surface area contributed by atoms with E-state index in [-0.39, 0.29) is 17.5 Å². The summed E-state index contributed by atoms with van der Waals surface area (Å²) in [5, 5.41) is 2.73. The van der Waals surface area contributed by atoms with Crippen LogP contribution in [0.1, 0.15) is 34.5 Å². The van der Waals surface area contributed by atoms with E-state index in [9.17, 15) is 14.4 Å². The van der Waals surface area contributed by atoms with E-state index in [0.29, 0.717) is 25.1 Å². The highest BCUT2D eigenvalue weighted by atomic mass is 16.2. The number of carbonyl (C=O) groups excluding carboxylic acids is 3. The lowest BCUT2D eigenvalue weighted by Gasteiger charge is -2.24. The van der Waals surface area contributed by atoms with Crippen molar-refractivity contribution in [3.05, 3.63) is 53.3 Å². The molecule has 1 aliphatic rings. The summed E-state index contributed by atoms with van der Waals surface area (Å²) in [4.78, 5) is 40.1. The summed E-state index contributed by atoms with van der Waals surface area (Å²) >= 11 is 0. The topological polar surface area (TPSA) is 108 Å². The van der Waals surface area contributed by atoms with Gasteiger partial charge in [0.2, 0.25) is 11.8 Å². The number of benzene rings is 1. The Balaban J connectivity index is 1.70. The average Bonchev–Trinajstić information content (AvgIpc) is 3.17. The maximum Gasteiger partial charge on any atom is 0.265 e. The van der Waals surface area contributed by atoms with E-state index in [1.807, 2.05) is 31.2 Å². The molecule has 3 rings (SSSR count). The molecule has 7 nitrogen and oxygen atoms in total. The van der Waals surface area contributed by atoms with Gasteiger partial charge in [-0.3, -0.25) is 14.4 Å². The second kappa shape index (κ2) is 6.80. The van der Waals surface area contributed by atoms with Gasteiger partial charge in [0.25, 0.3) is 5.91 Å². The van der Waals surface area contributed by atoms with Gasteiger partial charge >= 0.3 is 0 Å². The number of aryl methyl sites for hydroxylation is 1. The Hall–Kier alpha value is -3.09. The largest absolute Gasteiger partial charge is 0.364 e. The molecule has 2 aromatic rings. The predicted molar refractivity (Wildman–Crippen MR) is 92.7 cm³/mol. The molecule has 0 bridgehead atoms. The molecule has 0 aliphatic carbocycles. The first kappa shape index (κ1) is 16.8. The van der Waals surface area contributed by atoms with Crippen molar-refractivity contribution < 1.29 is 14.4 Å². The zero-order chi connectivity index (χ0) is 18.0. The van der Waals surface area contributed by atoms with Crippen LogP contribution in [0.4, 0.5) is 5.69 Å². The van der Waals surface area contributed by atoms with E-state index in [0.717, 1.165) is 11.1 Å². The second-order valence-electron chi connectivity index (χ2n) is 6.22. The van der Waals surface area contributed by atoms with Crippen molar-refractivity contribution in [1.82, 2.24) is 9.88 Å². The summed E-state index contributed by atoms with van der Waals surface area (Å²) in [6, 6.07) is 8.83. The van der Waals surface area contributed by atoms with Gasteiger partial charge in [0.1, 0.15) is 11.7 Å². The van der Waals surface area contributed by atoms with Crippen LogP contribution in [-0.2, 0) is 16.1 Å². The Kier molecular flexibility index (Phi) is 4.56. The molecule has 1 aliphatic heterocycles. The molecule has 1 saturated heterocycles. The highest BCUT2D eigenvalue weighted by Crippen LogP contribution is 2.23. The summed E-state index contributed by atoms with van der Waals surface area (Å²) in [6.45, 7) is 2.40. The molecular weight excluding hydrogens is 320 g/mol. The first-order chi connectivity index (χ1) is 11.9. The zero-order valence-electron chi connectivity index (χ0n) is 13.9. The fraction of sp³-hybridized carbons (Fsp3) is 0.278. The highest BCUT2D eigenvalue weighted by Gasteiger charge is 2.36. The molecule has 1 fully saturated rings. The number of H-pyrrole nitrogens is 1. The first-order valence-corrected chi connectivity index (χ1v) is 8.08. The van der Waals surface area contributed by atoms with Crippen LogP contribution in [0.5, 0.6) is 0 Å². The normalized spacial score (nSPS) is 16.9. The zero-order valence-corrected chi connectivity index (χ0v) is 13.9. The van der Waals surface area contributed by atoms with E-state index in [1.54, 1.807) is 4.90 Å². The highest BCUT2D eigenvalue weighted by molar-refractivity contribution is 6.00. The quantitative estimate of drug-likeness (QED) is 0.768.